The highest BCUT2D eigenvalue weighted by Gasteiger charge is 2.58. The molecule has 0 saturated carbocycles. The highest BCUT2D eigenvalue weighted by atomic mass is 35.5. The molecule has 1 unspecified atom stereocenters. The second-order valence-corrected chi connectivity index (χ2v) is 9.91. The SMILES string of the molecule is CC1=CC[C@H]2C(C)(C)C3=C(C[C@]2(C)C1OC(=O)c1cc(Cl)nc(Cl)n1)C(=O)C=CC3=O. The first-order chi connectivity index (χ1) is 14.4. The third kappa shape index (κ3) is 3.46. The Balaban J connectivity index is 1.76. The Hall–Kier alpha value is -2.31. The lowest BCUT2D eigenvalue weighted by Gasteiger charge is -2.56. The van der Waals surface area contributed by atoms with Crippen LogP contribution in [0.2, 0.25) is 10.4 Å². The number of fused-ring (bicyclic) bond motifs is 1. The van der Waals surface area contributed by atoms with Crippen molar-refractivity contribution in [3.63, 3.8) is 0 Å². The molecule has 0 N–H and O–H groups in total. The molecule has 1 aromatic rings. The van der Waals surface area contributed by atoms with E-state index in [0.29, 0.717) is 17.6 Å². The first kappa shape index (κ1) is 21.9. The highest BCUT2D eigenvalue weighted by Crippen LogP contribution is 2.60. The van der Waals surface area contributed by atoms with Gasteiger partial charge in [0.25, 0.3) is 0 Å². The summed E-state index contributed by atoms with van der Waals surface area (Å²) in [6.45, 7) is 7.91. The number of esters is 1. The van der Waals surface area contributed by atoms with Crippen LogP contribution in [0.25, 0.3) is 0 Å². The van der Waals surface area contributed by atoms with E-state index in [4.69, 9.17) is 27.9 Å². The van der Waals surface area contributed by atoms with Gasteiger partial charge in [-0.3, -0.25) is 9.59 Å². The Morgan fingerprint density at radius 3 is 2.48 bits per heavy atom. The maximum absolute atomic E-state index is 12.9. The van der Waals surface area contributed by atoms with Crippen molar-refractivity contribution in [2.24, 2.45) is 16.7 Å². The zero-order valence-electron chi connectivity index (χ0n) is 17.7. The number of carbonyl (C=O) groups excluding carboxylic acids is 3. The minimum Gasteiger partial charge on any atom is -0.453 e. The number of nitrogens with zero attached hydrogens (tertiary/aromatic N) is 2. The third-order valence-electron chi connectivity index (χ3n) is 6.89. The topological polar surface area (TPSA) is 86.2 Å². The quantitative estimate of drug-likeness (QED) is 0.208. The number of hydrogen-bond acceptors (Lipinski definition) is 6. The fraction of sp³-hybridized carbons (Fsp3) is 0.435. The van der Waals surface area contributed by atoms with Gasteiger partial charge in [0.05, 0.1) is 0 Å². The molecule has 0 saturated heterocycles. The van der Waals surface area contributed by atoms with Crippen LogP contribution < -0.4 is 0 Å². The molecule has 0 aromatic carbocycles. The largest absolute Gasteiger partial charge is 0.453 e. The molecule has 1 aromatic heterocycles. The number of allylic oxidation sites excluding steroid dienone is 5. The number of ether oxygens (including phenoxy) is 1. The number of aromatic nitrogens is 2. The van der Waals surface area contributed by atoms with Gasteiger partial charge in [-0.2, -0.15) is 0 Å². The maximum Gasteiger partial charge on any atom is 0.357 e. The number of rotatable bonds is 2. The summed E-state index contributed by atoms with van der Waals surface area (Å²) in [5, 5.41) is -0.107. The Labute approximate surface area is 190 Å². The van der Waals surface area contributed by atoms with Crippen LogP contribution in [0.5, 0.6) is 0 Å². The van der Waals surface area contributed by atoms with Crippen LogP contribution in [0, 0.1) is 16.7 Å². The summed E-state index contributed by atoms with van der Waals surface area (Å²) < 4.78 is 5.96. The van der Waals surface area contributed by atoms with E-state index in [2.05, 4.69) is 9.97 Å². The molecule has 0 bridgehead atoms. The van der Waals surface area contributed by atoms with Crippen molar-refractivity contribution in [3.05, 3.63) is 57.1 Å². The first-order valence-electron chi connectivity index (χ1n) is 10.0. The molecular formula is C23H22Cl2N2O4. The molecule has 6 nitrogen and oxygen atoms in total. The summed E-state index contributed by atoms with van der Waals surface area (Å²) in [4.78, 5) is 46.0. The molecule has 3 atom stereocenters. The molecule has 3 aliphatic rings. The summed E-state index contributed by atoms with van der Waals surface area (Å²) in [7, 11) is 0. The van der Waals surface area contributed by atoms with Gasteiger partial charge >= 0.3 is 5.97 Å². The van der Waals surface area contributed by atoms with Gasteiger partial charge in [0.15, 0.2) is 17.3 Å². The van der Waals surface area contributed by atoms with Crippen LogP contribution in [0.1, 0.15) is 51.0 Å². The standard InChI is InChI=1S/C23H22Cl2N2O4/c1-11-5-8-16-22(2,3)18-12(14(28)6-7-15(18)29)10-23(16,4)19(11)31-20(30)13-9-17(24)27-21(25)26-13/h5-7,9,16,19H,8,10H2,1-4H3/t16-,19?,23-/m0/s1. The van der Waals surface area contributed by atoms with Gasteiger partial charge in [-0.25, -0.2) is 14.8 Å². The molecule has 1 heterocycles. The Morgan fingerprint density at radius 2 is 1.81 bits per heavy atom. The van der Waals surface area contributed by atoms with Crippen molar-refractivity contribution in [2.45, 2.75) is 46.6 Å². The Kier molecular flexibility index (Phi) is 5.22. The van der Waals surface area contributed by atoms with Crippen molar-refractivity contribution in [1.82, 2.24) is 9.97 Å². The van der Waals surface area contributed by atoms with Crippen LogP contribution >= 0.6 is 23.2 Å². The fourth-order valence-corrected chi connectivity index (χ4v) is 6.06. The monoisotopic (exact) mass is 460 g/mol. The molecule has 162 valence electrons. The minimum atomic E-state index is -0.672. The number of hydrogen-bond donors (Lipinski definition) is 0. The lowest BCUT2D eigenvalue weighted by Crippen LogP contribution is -2.55. The van der Waals surface area contributed by atoms with Gasteiger partial charge in [0, 0.05) is 22.6 Å². The van der Waals surface area contributed by atoms with E-state index in [1.807, 2.05) is 33.8 Å². The van der Waals surface area contributed by atoms with Gasteiger partial charge in [-0.1, -0.05) is 38.4 Å². The van der Waals surface area contributed by atoms with Gasteiger partial charge in [0.1, 0.15) is 11.3 Å². The van der Waals surface area contributed by atoms with Crippen LogP contribution in [0.4, 0.5) is 0 Å². The third-order valence-corrected chi connectivity index (χ3v) is 7.25. The van der Waals surface area contributed by atoms with Crippen molar-refractivity contribution in [2.75, 3.05) is 0 Å². The molecule has 0 aliphatic heterocycles. The molecule has 0 radical (unpaired) electrons. The van der Waals surface area contributed by atoms with E-state index >= 15 is 0 Å². The molecule has 8 heteroatoms. The Morgan fingerprint density at radius 1 is 1.13 bits per heavy atom. The van der Waals surface area contributed by atoms with E-state index < -0.39 is 22.9 Å². The Bertz CT molecular complexity index is 1100. The van der Waals surface area contributed by atoms with E-state index in [9.17, 15) is 14.4 Å². The van der Waals surface area contributed by atoms with Crippen LogP contribution in [-0.4, -0.2) is 33.6 Å². The zero-order valence-corrected chi connectivity index (χ0v) is 19.2. The molecule has 0 amide bonds. The average Bonchev–Trinajstić information content (AvgIpc) is 2.66. The van der Waals surface area contributed by atoms with Crippen LogP contribution in [0.3, 0.4) is 0 Å². The summed E-state index contributed by atoms with van der Waals surface area (Å²) in [6, 6.07) is 1.30. The van der Waals surface area contributed by atoms with Gasteiger partial charge < -0.3 is 4.74 Å². The smallest absolute Gasteiger partial charge is 0.357 e. The zero-order chi connectivity index (χ0) is 22.7. The van der Waals surface area contributed by atoms with E-state index in [0.717, 1.165) is 12.0 Å². The van der Waals surface area contributed by atoms with Crippen molar-refractivity contribution >= 4 is 40.7 Å². The molecule has 0 fully saturated rings. The maximum atomic E-state index is 12.9. The molecule has 31 heavy (non-hydrogen) atoms. The van der Waals surface area contributed by atoms with Gasteiger partial charge in [0.2, 0.25) is 5.28 Å². The summed E-state index contributed by atoms with van der Waals surface area (Å²) >= 11 is 11.7. The van der Waals surface area contributed by atoms with E-state index in [1.54, 1.807) is 0 Å². The number of halogens is 2. The number of ketones is 2. The normalized spacial score (nSPS) is 29.3. The summed E-state index contributed by atoms with van der Waals surface area (Å²) in [6.07, 6.45) is 5.20. The fourth-order valence-electron chi connectivity index (χ4n) is 5.65. The average molecular weight is 461 g/mol. The molecule has 4 rings (SSSR count). The highest BCUT2D eigenvalue weighted by molar-refractivity contribution is 6.32. The van der Waals surface area contributed by atoms with Crippen molar-refractivity contribution in [3.8, 4) is 0 Å². The van der Waals surface area contributed by atoms with Gasteiger partial charge in [-0.05, 0) is 60.4 Å². The summed E-state index contributed by atoms with van der Waals surface area (Å²) in [5.41, 5.74) is 0.797. The second-order valence-electron chi connectivity index (χ2n) is 9.19. The lowest BCUT2D eigenvalue weighted by atomic mass is 9.48. The van der Waals surface area contributed by atoms with Crippen molar-refractivity contribution < 1.29 is 19.1 Å². The first-order valence-corrected chi connectivity index (χ1v) is 10.8. The second kappa shape index (κ2) is 7.38. The van der Waals surface area contributed by atoms with Crippen LogP contribution in [0.15, 0.2) is 41.0 Å². The van der Waals surface area contributed by atoms with Crippen LogP contribution in [-0.2, 0) is 14.3 Å². The minimum absolute atomic E-state index is 0.0129. The van der Waals surface area contributed by atoms with Crippen molar-refractivity contribution in [1.29, 1.82) is 0 Å². The number of carbonyl (C=O) groups is 3. The summed E-state index contributed by atoms with van der Waals surface area (Å²) in [5.74, 6) is -0.962. The molecule has 3 aliphatic carbocycles. The molecule has 0 spiro atoms. The van der Waals surface area contributed by atoms with E-state index in [-0.39, 0.29) is 33.6 Å². The molecular weight excluding hydrogens is 439 g/mol. The lowest BCUT2D eigenvalue weighted by molar-refractivity contribution is -0.120. The predicted molar refractivity (Wildman–Crippen MR) is 116 cm³/mol. The van der Waals surface area contributed by atoms with Gasteiger partial charge in [-0.15, -0.1) is 0 Å². The van der Waals surface area contributed by atoms with E-state index in [1.165, 1.54) is 18.2 Å². The predicted octanol–water partition coefficient (Wildman–Crippen LogP) is 4.72.